The van der Waals surface area contributed by atoms with Gasteiger partial charge in [-0.1, -0.05) is 68.4 Å². The van der Waals surface area contributed by atoms with Gasteiger partial charge in [-0.2, -0.15) is 0 Å². The van der Waals surface area contributed by atoms with Gasteiger partial charge in [0, 0.05) is 22.0 Å². The van der Waals surface area contributed by atoms with Gasteiger partial charge in [0.05, 0.1) is 0 Å². The van der Waals surface area contributed by atoms with Crippen LogP contribution >= 0.6 is 7.29 Å². The monoisotopic (exact) mass is 373 g/mol. The number of fused-ring (bicyclic) bond motifs is 1. The number of rotatable bonds is 4. The molecule has 0 aromatic heterocycles. The number of nitrogens with zero attached hydrogens (tertiary/aromatic N) is 1. The van der Waals surface area contributed by atoms with Gasteiger partial charge in [-0.05, 0) is 54.3 Å². The number of anilines is 1. The molecule has 1 aliphatic heterocycles. The highest BCUT2D eigenvalue weighted by atomic mass is 31.2. The van der Waals surface area contributed by atoms with Crippen molar-refractivity contribution in [2.45, 2.75) is 26.7 Å². The quantitative estimate of drug-likeness (QED) is 0.525. The maximum Gasteiger partial charge on any atom is 0.234 e. The third-order valence-corrected chi connectivity index (χ3v) is 8.31. The van der Waals surface area contributed by atoms with Gasteiger partial charge in [-0.3, -0.25) is 9.24 Å². The Kier molecular flexibility index (Phi) is 4.76. The Balaban J connectivity index is 2.11. The Morgan fingerprint density at radius 3 is 1.96 bits per heavy atom. The van der Waals surface area contributed by atoms with Crippen LogP contribution in [-0.2, 0) is 4.57 Å². The average molecular weight is 373 g/mol. The first kappa shape index (κ1) is 17.8. The molecular weight excluding hydrogens is 349 g/mol. The third-order valence-electron chi connectivity index (χ3n) is 5.24. The molecule has 1 heterocycles. The lowest BCUT2D eigenvalue weighted by Gasteiger charge is -2.41. The zero-order valence-corrected chi connectivity index (χ0v) is 16.7. The van der Waals surface area contributed by atoms with Gasteiger partial charge < -0.3 is 0 Å². The van der Waals surface area contributed by atoms with Crippen molar-refractivity contribution in [1.82, 2.24) is 0 Å². The van der Waals surface area contributed by atoms with Crippen LogP contribution in [0.2, 0.25) is 0 Å². The van der Waals surface area contributed by atoms with E-state index in [9.17, 15) is 4.57 Å². The number of para-hydroxylation sites is 1. The van der Waals surface area contributed by atoms with E-state index in [0.717, 1.165) is 40.4 Å². The first-order valence-corrected chi connectivity index (χ1v) is 11.2. The van der Waals surface area contributed by atoms with E-state index in [1.807, 2.05) is 60.7 Å². The van der Waals surface area contributed by atoms with Crippen LogP contribution in [0.25, 0.3) is 5.57 Å². The first-order chi connectivity index (χ1) is 13.2. The summed E-state index contributed by atoms with van der Waals surface area (Å²) in [5.41, 5.74) is 4.58. The van der Waals surface area contributed by atoms with Crippen LogP contribution in [0.4, 0.5) is 5.69 Å². The highest BCUT2D eigenvalue weighted by Crippen LogP contribution is 2.58. The van der Waals surface area contributed by atoms with Crippen molar-refractivity contribution >= 4 is 29.2 Å². The van der Waals surface area contributed by atoms with Crippen molar-refractivity contribution in [2.24, 2.45) is 0 Å². The molecule has 0 amide bonds. The summed E-state index contributed by atoms with van der Waals surface area (Å²) in [7, 11) is -3.04. The van der Waals surface area contributed by atoms with Gasteiger partial charge in [0.15, 0.2) is 0 Å². The van der Waals surface area contributed by atoms with E-state index >= 15 is 0 Å². The summed E-state index contributed by atoms with van der Waals surface area (Å²) in [6.07, 6.45) is 1.75. The fraction of sp³-hybridized carbons (Fsp3) is 0.167. The predicted molar refractivity (Wildman–Crippen MR) is 116 cm³/mol. The van der Waals surface area contributed by atoms with E-state index in [1.54, 1.807) is 0 Å². The van der Waals surface area contributed by atoms with Gasteiger partial charge in [0.1, 0.15) is 0 Å². The van der Waals surface area contributed by atoms with Crippen molar-refractivity contribution in [2.75, 3.05) is 4.67 Å². The standard InChI is InChI=1S/C24H24NOP/c1-3-21-22-17-11-12-18-24(22)27(26,20-15-9-6-10-16-20)25(23(21)4-2)19-13-7-5-8-14-19/h5-18H,3-4H2,1-2H3. The van der Waals surface area contributed by atoms with Crippen LogP contribution in [-0.4, -0.2) is 0 Å². The molecule has 0 N–H and O–H groups in total. The zero-order chi connectivity index (χ0) is 18.9. The van der Waals surface area contributed by atoms with E-state index in [0.29, 0.717) is 0 Å². The van der Waals surface area contributed by atoms with Crippen LogP contribution in [0.15, 0.2) is 90.6 Å². The molecule has 27 heavy (non-hydrogen) atoms. The Bertz CT molecular complexity index is 1020. The smallest absolute Gasteiger partial charge is 0.234 e. The molecule has 0 aliphatic carbocycles. The van der Waals surface area contributed by atoms with Crippen molar-refractivity contribution in [1.29, 1.82) is 0 Å². The predicted octanol–water partition coefficient (Wildman–Crippen LogP) is 5.97. The van der Waals surface area contributed by atoms with E-state index in [4.69, 9.17) is 0 Å². The number of benzene rings is 3. The second-order valence-electron chi connectivity index (χ2n) is 6.71. The number of hydrogen-bond acceptors (Lipinski definition) is 1. The molecule has 3 heteroatoms. The second-order valence-corrected chi connectivity index (χ2v) is 9.26. The van der Waals surface area contributed by atoms with E-state index < -0.39 is 7.29 Å². The number of allylic oxidation sites excluding steroid dienone is 2. The molecule has 1 aliphatic rings. The molecular formula is C24H24NOP. The Morgan fingerprint density at radius 2 is 1.33 bits per heavy atom. The summed E-state index contributed by atoms with van der Waals surface area (Å²) < 4.78 is 17.0. The number of hydrogen-bond donors (Lipinski definition) is 0. The maximum absolute atomic E-state index is 14.9. The molecule has 1 atom stereocenters. The lowest BCUT2D eigenvalue weighted by atomic mass is 9.99. The van der Waals surface area contributed by atoms with Crippen molar-refractivity contribution < 1.29 is 4.57 Å². The summed E-state index contributed by atoms with van der Waals surface area (Å²) in [6, 6.07) is 28.3. The Hall–Kier alpha value is -2.57. The van der Waals surface area contributed by atoms with Crippen LogP contribution < -0.4 is 15.3 Å². The first-order valence-electron chi connectivity index (χ1n) is 9.55. The lowest BCUT2D eigenvalue weighted by Crippen LogP contribution is -2.37. The largest absolute Gasteiger partial charge is 0.289 e. The minimum Gasteiger partial charge on any atom is -0.289 e. The third kappa shape index (κ3) is 2.76. The summed E-state index contributed by atoms with van der Waals surface area (Å²) >= 11 is 0. The summed E-state index contributed by atoms with van der Waals surface area (Å²) in [5.74, 6) is 0. The molecule has 0 bridgehead atoms. The second kappa shape index (κ2) is 7.21. The molecule has 4 rings (SSSR count). The lowest BCUT2D eigenvalue weighted by molar-refractivity contribution is 0.585. The zero-order valence-electron chi connectivity index (χ0n) is 15.8. The summed E-state index contributed by atoms with van der Waals surface area (Å²) in [6.45, 7) is 4.34. The summed E-state index contributed by atoms with van der Waals surface area (Å²) in [4.78, 5) is 0. The highest BCUT2D eigenvalue weighted by Gasteiger charge is 2.42. The molecule has 0 saturated carbocycles. The van der Waals surface area contributed by atoms with E-state index in [-0.39, 0.29) is 0 Å². The van der Waals surface area contributed by atoms with Gasteiger partial charge in [-0.15, -0.1) is 0 Å². The van der Waals surface area contributed by atoms with Crippen molar-refractivity contribution in [3.8, 4) is 0 Å². The minimum atomic E-state index is -3.04. The van der Waals surface area contributed by atoms with Crippen LogP contribution in [0.5, 0.6) is 0 Å². The van der Waals surface area contributed by atoms with Gasteiger partial charge in [0.2, 0.25) is 7.29 Å². The SMILES string of the molecule is CCC1=C(CC)N(c2ccccc2)P(=O)(c2ccccc2)c2ccccc21. The van der Waals surface area contributed by atoms with Crippen molar-refractivity contribution in [3.63, 3.8) is 0 Å². The van der Waals surface area contributed by atoms with E-state index in [2.05, 4.69) is 42.8 Å². The highest BCUT2D eigenvalue weighted by molar-refractivity contribution is 7.80. The Labute approximate surface area is 161 Å². The normalized spacial score (nSPS) is 19.1. The van der Waals surface area contributed by atoms with Gasteiger partial charge in [0.25, 0.3) is 0 Å². The van der Waals surface area contributed by atoms with Crippen LogP contribution in [0.3, 0.4) is 0 Å². The van der Waals surface area contributed by atoms with Crippen molar-refractivity contribution in [3.05, 3.63) is 96.2 Å². The Morgan fingerprint density at radius 1 is 0.741 bits per heavy atom. The van der Waals surface area contributed by atoms with Gasteiger partial charge in [-0.25, -0.2) is 0 Å². The molecule has 0 spiro atoms. The summed E-state index contributed by atoms with van der Waals surface area (Å²) in [5, 5.41) is 1.82. The van der Waals surface area contributed by atoms with Crippen LogP contribution in [0.1, 0.15) is 32.3 Å². The minimum absolute atomic E-state index is 0.837. The molecule has 2 nitrogen and oxygen atoms in total. The van der Waals surface area contributed by atoms with Crippen LogP contribution in [0, 0.1) is 0 Å². The molecule has 136 valence electrons. The molecule has 0 radical (unpaired) electrons. The maximum atomic E-state index is 14.9. The average Bonchev–Trinajstić information content (AvgIpc) is 2.74. The fourth-order valence-corrected chi connectivity index (χ4v) is 7.27. The fourth-order valence-electron chi connectivity index (χ4n) is 4.08. The molecule has 1 unspecified atom stereocenters. The molecule has 0 saturated heterocycles. The molecule has 0 fully saturated rings. The van der Waals surface area contributed by atoms with Gasteiger partial charge >= 0.3 is 0 Å². The van der Waals surface area contributed by atoms with E-state index in [1.165, 1.54) is 5.57 Å². The topological polar surface area (TPSA) is 20.3 Å². The molecule has 3 aromatic rings. The molecule has 3 aromatic carbocycles.